The van der Waals surface area contributed by atoms with Gasteiger partial charge in [-0.25, -0.2) is 4.98 Å². The van der Waals surface area contributed by atoms with Crippen molar-refractivity contribution in [3.63, 3.8) is 0 Å². The number of hydrogen-bond donors (Lipinski definition) is 1. The van der Waals surface area contributed by atoms with Crippen molar-refractivity contribution in [3.05, 3.63) is 35.7 Å². The van der Waals surface area contributed by atoms with Gasteiger partial charge >= 0.3 is 0 Å². The fraction of sp³-hybridized carbons (Fsp3) is 0.467. The number of thioether (sulfide) groups is 1. The molecule has 0 aliphatic carbocycles. The Hall–Kier alpha value is -1.11. The van der Waals surface area contributed by atoms with Gasteiger partial charge in [0.05, 0.1) is 6.10 Å². The van der Waals surface area contributed by atoms with Crippen LogP contribution in [-0.2, 0) is 0 Å². The van der Waals surface area contributed by atoms with Crippen molar-refractivity contribution in [1.29, 1.82) is 0 Å². The molecule has 0 saturated carbocycles. The van der Waals surface area contributed by atoms with E-state index >= 15 is 0 Å². The first-order valence-electron chi connectivity index (χ1n) is 6.95. The van der Waals surface area contributed by atoms with Crippen LogP contribution in [0.4, 0.5) is 0 Å². The maximum atomic E-state index is 5.67. The summed E-state index contributed by atoms with van der Waals surface area (Å²) in [4.78, 5) is 4.38. The van der Waals surface area contributed by atoms with E-state index in [-0.39, 0.29) is 12.1 Å². The Bertz CT molecular complexity index is 554. The van der Waals surface area contributed by atoms with Gasteiger partial charge in [0.1, 0.15) is 11.6 Å². The Balaban J connectivity index is 1.96. The zero-order chi connectivity index (χ0) is 15.2. The SMILES string of the molecule is CNC(CSc1nc(C)ns1)c1ccc(OC(C)C)cc1. The second-order valence-electron chi connectivity index (χ2n) is 5.00. The molecule has 0 fully saturated rings. The maximum Gasteiger partial charge on any atom is 0.170 e. The van der Waals surface area contributed by atoms with Crippen LogP contribution in [0.3, 0.4) is 0 Å². The number of aromatic nitrogens is 2. The summed E-state index contributed by atoms with van der Waals surface area (Å²) in [5.41, 5.74) is 1.25. The highest BCUT2D eigenvalue weighted by molar-refractivity contribution is 8.00. The Kier molecular flexibility index (Phi) is 6.02. The highest BCUT2D eigenvalue weighted by Gasteiger charge is 2.12. The van der Waals surface area contributed by atoms with Crippen molar-refractivity contribution >= 4 is 23.3 Å². The van der Waals surface area contributed by atoms with Gasteiger partial charge < -0.3 is 10.1 Å². The minimum absolute atomic E-state index is 0.201. The van der Waals surface area contributed by atoms with Gasteiger partial charge in [-0.1, -0.05) is 23.9 Å². The highest BCUT2D eigenvalue weighted by Crippen LogP contribution is 2.27. The van der Waals surface area contributed by atoms with Gasteiger partial charge in [-0.2, -0.15) is 4.37 Å². The van der Waals surface area contributed by atoms with E-state index in [1.54, 1.807) is 11.8 Å². The van der Waals surface area contributed by atoms with E-state index in [4.69, 9.17) is 4.74 Å². The molecule has 1 aromatic carbocycles. The maximum absolute atomic E-state index is 5.67. The number of rotatable bonds is 7. The summed E-state index contributed by atoms with van der Waals surface area (Å²) < 4.78 is 10.9. The van der Waals surface area contributed by atoms with Crippen LogP contribution in [0.1, 0.15) is 31.3 Å². The van der Waals surface area contributed by atoms with E-state index in [9.17, 15) is 0 Å². The number of nitrogens with zero attached hydrogens (tertiary/aromatic N) is 2. The molecule has 0 aliphatic heterocycles. The molecule has 114 valence electrons. The predicted molar refractivity (Wildman–Crippen MR) is 89.4 cm³/mol. The third-order valence-electron chi connectivity index (χ3n) is 2.89. The molecule has 0 radical (unpaired) electrons. The summed E-state index contributed by atoms with van der Waals surface area (Å²) in [6.45, 7) is 5.99. The molecule has 1 aromatic heterocycles. The summed E-state index contributed by atoms with van der Waals surface area (Å²) in [6.07, 6.45) is 0.201. The molecule has 0 aliphatic rings. The lowest BCUT2D eigenvalue weighted by Gasteiger charge is -2.16. The highest BCUT2D eigenvalue weighted by atomic mass is 32.2. The quantitative estimate of drug-likeness (QED) is 0.788. The second kappa shape index (κ2) is 7.77. The van der Waals surface area contributed by atoms with Crippen LogP contribution in [0, 0.1) is 6.92 Å². The van der Waals surface area contributed by atoms with E-state index in [0.29, 0.717) is 0 Å². The smallest absolute Gasteiger partial charge is 0.170 e. The monoisotopic (exact) mass is 323 g/mol. The lowest BCUT2D eigenvalue weighted by Crippen LogP contribution is -2.18. The zero-order valence-corrected chi connectivity index (χ0v) is 14.4. The van der Waals surface area contributed by atoms with Crippen LogP contribution >= 0.6 is 23.3 Å². The zero-order valence-electron chi connectivity index (χ0n) is 12.8. The standard InChI is InChI=1S/C15H21N3OS2/c1-10(2)19-13-7-5-12(6-8-13)14(16-4)9-20-15-17-11(3)18-21-15/h5-8,10,14,16H,9H2,1-4H3. The molecule has 2 rings (SSSR count). The first-order chi connectivity index (χ1) is 10.1. The average molecular weight is 323 g/mol. The first-order valence-corrected chi connectivity index (χ1v) is 8.71. The van der Waals surface area contributed by atoms with E-state index in [0.717, 1.165) is 21.7 Å². The van der Waals surface area contributed by atoms with Gasteiger partial charge in [-0.3, -0.25) is 0 Å². The van der Waals surface area contributed by atoms with Crippen LogP contribution in [0.15, 0.2) is 28.6 Å². The lowest BCUT2D eigenvalue weighted by atomic mass is 10.1. The molecule has 0 bridgehead atoms. The van der Waals surface area contributed by atoms with Crippen molar-refractivity contribution < 1.29 is 4.74 Å². The predicted octanol–water partition coefficient (Wildman–Crippen LogP) is 3.69. The molecule has 1 unspecified atom stereocenters. The molecule has 0 amide bonds. The third-order valence-corrected chi connectivity index (χ3v) is 4.90. The van der Waals surface area contributed by atoms with Crippen LogP contribution in [0.5, 0.6) is 5.75 Å². The van der Waals surface area contributed by atoms with Gasteiger partial charge in [0.2, 0.25) is 0 Å². The van der Waals surface area contributed by atoms with Crippen molar-refractivity contribution in [2.75, 3.05) is 12.8 Å². The van der Waals surface area contributed by atoms with Crippen molar-refractivity contribution in [1.82, 2.24) is 14.7 Å². The van der Waals surface area contributed by atoms with Crippen LogP contribution in [0.25, 0.3) is 0 Å². The average Bonchev–Trinajstić information content (AvgIpc) is 2.86. The molecular weight excluding hydrogens is 302 g/mol. The Morgan fingerprint density at radius 1 is 1.29 bits per heavy atom. The van der Waals surface area contributed by atoms with E-state index in [1.807, 2.05) is 40.0 Å². The van der Waals surface area contributed by atoms with Crippen molar-refractivity contribution in [2.45, 2.75) is 37.3 Å². The van der Waals surface area contributed by atoms with Crippen LogP contribution in [-0.4, -0.2) is 28.3 Å². The molecular formula is C15H21N3OS2. The molecule has 1 N–H and O–H groups in total. The molecule has 4 nitrogen and oxygen atoms in total. The number of nitrogens with one attached hydrogen (secondary N) is 1. The molecule has 1 atom stereocenters. The summed E-state index contributed by atoms with van der Waals surface area (Å²) in [5, 5.41) is 3.35. The minimum atomic E-state index is 0.201. The van der Waals surface area contributed by atoms with Gasteiger partial charge in [0, 0.05) is 11.8 Å². The topological polar surface area (TPSA) is 47.0 Å². The van der Waals surface area contributed by atoms with Gasteiger partial charge in [0.15, 0.2) is 4.34 Å². The number of aryl methyl sites for hydroxylation is 1. The molecule has 21 heavy (non-hydrogen) atoms. The van der Waals surface area contributed by atoms with Gasteiger partial charge in [-0.15, -0.1) is 0 Å². The summed E-state index contributed by atoms with van der Waals surface area (Å²) in [6, 6.07) is 8.57. The Morgan fingerprint density at radius 3 is 2.52 bits per heavy atom. The van der Waals surface area contributed by atoms with E-state index < -0.39 is 0 Å². The summed E-state index contributed by atoms with van der Waals surface area (Å²) in [7, 11) is 1.98. The van der Waals surface area contributed by atoms with Gasteiger partial charge in [-0.05, 0) is 57.0 Å². The molecule has 6 heteroatoms. The minimum Gasteiger partial charge on any atom is -0.491 e. The second-order valence-corrected chi connectivity index (χ2v) is 7.01. The number of hydrogen-bond acceptors (Lipinski definition) is 6. The third kappa shape index (κ3) is 4.98. The normalized spacial score (nSPS) is 12.6. The Morgan fingerprint density at radius 2 is 2.00 bits per heavy atom. The largest absolute Gasteiger partial charge is 0.491 e. The fourth-order valence-corrected chi connectivity index (χ4v) is 3.70. The molecule has 0 saturated heterocycles. The van der Waals surface area contributed by atoms with Crippen molar-refractivity contribution in [3.8, 4) is 5.75 Å². The first kappa shape index (κ1) is 16.3. The number of benzene rings is 1. The number of ether oxygens (including phenoxy) is 1. The summed E-state index contributed by atoms with van der Waals surface area (Å²) in [5.74, 6) is 2.69. The van der Waals surface area contributed by atoms with Crippen molar-refractivity contribution in [2.24, 2.45) is 0 Å². The van der Waals surface area contributed by atoms with E-state index in [1.165, 1.54) is 17.1 Å². The van der Waals surface area contributed by atoms with Gasteiger partial charge in [0.25, 0.3) is 0 Å². The van der Waals surface area contributed by atoms with Crippen LogP contribution < -0.4 is 10.1 Å². The van der Waals surface area contributed by atoms with Crippen LogP contribution in [0.2, 0.25) is 0 Å². The molecule has 0 spiro atoms. The lowest BCUT2D eigenvalue weighted by molar-refractivity contribution is 0.242. The molecule has 2 aromatic rings. The van der Waals surface area contributed by atoms with E-state index in [2.05, 4.69) is 26.8 Å². The summed E-state index contributed by atoms with van der Waals surface area (Å²) >= 11 is 3.20. The Labute approximate surface area is 134 Å². The molecule has 1 heterocycles. The fourth-order valence-electron chi connectivity index (χ4n) is 1.89.